The third-order valence-corrected chi connectivity index (χ3v) is 4.22. The van der Waals surface area contributed by atoms with E-state index in [1.165, 1.54) is 0 Å². The zero-order valence-electron chi connectivity index (χ0n) is 14.3. The molecule has 5 nitrogen and oxygen atoms in total. The summed E-state index contributed by atoms with van der Waals surface area (Å²) in [5.41, 5.74) is 6.04. The maximum atomic E-state index is 12.1. The highest BCUT2D eigenvalue weighted by atomic mass is 16.1. The monoisotopic (exact) mass is 322 g/mol. The van der Waals surface area contributed by atoms with Gasteiger partial charge in [0.1, 0.15) is 0 Å². The smallest absolute Gasteiger partial charge is 0.220 e. The highest BCUT2D eigenvalue weighted by molar-refractivity contribution is 5.76. The predicted molar refractivity (Wildman–Crippen MR) is 93.8 cm³/mol. The Kier molecular flexibility index (Phi) is 4.60. The molecule has 0 radical (unpaired) electrons. The Labute approximate surface area is 141 Å². The molecule has 1 N–H and O–H groups in total. The zero-order chi connectivity index (χ0) is 17.1. The summed E-state index contributed by atoms with van der Waals surface area (Å²) in [7, 11) is 0. The highest BCUT2D eigenvalue weighted by Gasteiger charge is 2.12. The molecule has 24 heavy (non-hydrogen) atoms. The van der Waals surface area contributed by atoms with Crippen molar-refractivity contribution in [3.8, 4) is 0 Å². The second-order valence-electron chi connectivity index (χ2n) is 6.08. The van der Waals surface area contributed by atoms with Gasteiger partial charge in [-0.25, -0.2) is 9.50 Å². The third-order valence-electron chi connectivity index (χ3n) is 4.22. The molecule has 0 atom stereocenters. The molecule has 0 fully saturated rings. The van der Waals surface area contributed by atoms with E-state index >= 15 is 0 Å². The first kappa shape index (κ1) is 16.2. The molecule has 0 spiro atoms. The first-order valence-electron chi connectivity index (χ1n) is 8.17. The van der Waals surface area contributed by atoms with Crippen molar-refractivity contribution in [2.75, 3.05) is 0 Å². The Morgan fingerprint density at radius 3 is 2.67 bits per heavy atom. The third kappa shape index (κ3) is 3.45. The van der Waals surface area contributed by atoms with Crippen LogP contribution in [0.25, 0.3) is 5.65 Å². The fourth-order valence-electron chi connectivity index (χ4n) is 2.93. The van der Waals surface area contributed by atoms with Gasteiger partial charge in [-0.3, -0.25) is 4.79 Å². The number of fused-ring (bicyclic) bond motifs is 1. The van der Waals surface area contributed by atoms with Crippen LogP contribution in [0, 0.1) is 20.8 Å². The second kappa shape index (κ2) is 6.83. The Balaban J connectivity index is 1.65. The maximum Gasteiger partial charge on any atom is 0.220 e. The number of hydrogen-bond donors (Lipinski definition) is 1. The van der Waals surface area contributed by atoms with Gasteiger partial charge in [0.15, 0.2) is 5.65 Å². The molecule has 2 heterocycles. The first-order chi connectivity index (χ1) is 11.5. The van der Waals surface area contributed by atoms with E-state index < -0.39 is 0 Å². The summed E-state index contributed by atoms with van der Waals surface area (Å²) in [6.45, 7) is 6.55. The molecule has 0 aliphatic carbocycles. The zero-order valence-corrected chi connectivity index (χ0v) is 14.3. The van der Waals surface area contributed by atoms with Crippen molar-refractivity contribution in [1.29, 1.82) is 0 Å². The van der Waals surface area contributed by atoms with Crippen molar-refractivity contribution in [2.24, 2.45) is 0 Å². The summed E-state index contributed by atoms with van der Waals surface area (Å²) in [6.07, 6.45) is 1.11. The van der Waals surface area contributed by atoms with E-state index in [1.807, 2.05) is 61.7 Å². The van der Waals surface area contributed by atoms with Crippen LogP contribution in [0.4, 0.5) is 0 Å². The molecule has 1 aromatic carbocycles. The number of nitrogens with zero attached hydrogens (tertiary/aromatic N) is 3. The predicted octanol–water partition coefficient (Wildman–Crippen LogP) is 2.90. The van der Waals surface area contributed by atoms with Gasteiger partial charge in [-0.2, -0.15) is 5.10 Å². The van der Waals surface area contributed by atoms with Crippen LogP contribution in [0.2, 0.25) is 0 Å². The van der Waals surface area contributed by atoms with Gasteiger partial charge in [-0.1, -0.05) is 30.3 Å². The van der Waals surface area contributed by atoms with Crippen LogP contribution in [-0.4, -0.2) is 20.5 Å². The number of hydrogen-bond acceptors (Lipinski definition) is 3. The van der Waals surface area contributed by atoms with Crippen molar-refractivity contribution < 1.29 is 4.79 Å². The summed E-state index contributed by atoms with van der Waals surface area (Å²) in [6, 6.07) is 11.9. The normalized spacial score (nSPS) is 11.0. The number of benzene rings is 1. The molecule has 0 bridgehead atoms. The summed E-state index contributed by atoms with van der Waals surface area (Å²) >= 11 is 0. The molecular weight excluding hydrogens is 300 g/mol. The SMILES string of the molecule is Cc1cc2nc(C)c(CCC(=O)NCc3ccccc3)c(C)n2n1. The average Bonchev–Trinajstić information content (AvgIpc) is 2.94. The minimum Gasteiger partial charge on any atom is -0.352 e. The Morgan fingerprint density at radius 2 is 1.92 bits per heavy atom. The lowest BCUT2D eigenvalue weighted by Gasteiger charge is -2.11. The van der Waals surface area contributed by atoms with Crippen LogP contribution in [0.15, 0.2) is 36.4 Å². The van der Waals surface area contributed by atoms with Crippen molar-refractivity contribution in [3.63, 3.8) is 0 Å². The Bertz CT molecular complexity index is 868. The van der Waals surface area contributed by atoms with Crippen molar-refractivity contribution in [1.82, 2.24) is 19.9 Å². The van der Waals surface area contributed by atoms with E-state index in [4.69, 9.17) is 0 Å². The second-order valence-corrected chi connectivity index (χ2v) is 6.08. The van der Waals surface area contributed by atoms with Crippen molar-refractivity contribution >= 4 is 11.6 Å². The largest absolute Gasteiger partial charge is 0.352 e. The maximum absolute atomic E-state index is 12.1. The van der Waals surface area contributed by atoms with Crippen LogP contribution in [0.1, 0.15) is 34.6 Å². The van der Waals surface area contributed by atoms with Gasteiger partial charge in [0.2, 0.25) is 5.91 Å². The number of nitrogens with one attached hydrogen (secondary N) is 1. The quantitative estimate of drug-likeness (QED) is 0.786. The van der Waals surface area contributed by atoms with Gasteiger partial charge in [-0.05, 0) is 38.3 Å². The highest BCUT2D eigenvalue weighted by Crippen LogP contribution is 2.17. The molecule has 0 unspecified atom stereocenters. The molecule has 124 valence electrons. The molecule has 0 aliphatic rings. The number of carbonyl (C=O) groups excluding carboxylic acids is 1. The van der Waals surface area contributed by atoms with E-state index in [0.29, 0.717) is 19.4 Å². The minimum atomic E-state index is 0.0504. The van der Waals surface area contributed by atoms with E-state index in [-0.39, 0.29) is 5.91 Å². The first-order valence-corrected chi connectivity index (χ1v) is 8.17. The molecule has 2 aromatic heterocycles. The van der Waals surface area contributed by atoms with Gasteiger partial charge < -0.3 is 5.32 Å². The molecule has 0 saturated heterocycles. The van der Waals surface area contributed by atoms with Gasteiger partial charge >= 0.3 is 0 Å². The molecule has 3 rings (SSSR count). The van der Waals surface area contributed by atoms with Crippen LogP contribution >= 0.6 is 0 Å². The number of aryl methyl sites for hydroxylation is 3. The van der Waals surface area contributed by atoms with E-state index in [9.17, 15) is 4.79 Å². The molecule has 0 aliphatic heterocycles. The summed E-state index contributed by atoms with van der Waals surface area (Å²) in [5.74, 6) is 0.0504. The van der Waals surface area contributed by atoms with Crippen molar-refractivity contribution in [3.05, 3.63) is 64.6 Å². The number of carbonyl (C=O) groups is 1. The Hall–Kier alpha value is -2.69. The average molecular weight is 322 g/mol. The van der Waals surface area contributed by atoms with E-state index in [2.05, 4.69) is 15.4 Å². The molecule has 1 amide bonds. The van der Waals surface area contributed by atoms with Gasteiger partial charge in [0, 0.05) is 30.4 Å². The Morgan fingerprint density at radius 1 is 1.17 bits per heavy atom. The van der Waals surface area contributed by atoms with Gasteiger partial charge in [0.05, 0.1) is 5.69 Å². The number of rotatable bonds is 5. The fourth-order valence-corrected chi connectivity index (χ4v) is 2.93. The topological polar surface area (TPSA) is 59.3 Å². The van der Waals surface area contributed by atoms with E-state index in [0.717, 1.165) is 33.9 Å². The molecular formula is C19H22N4O. The summed E-state index contributed by atoms with van der Waals surface area (Å²) < 4.78 is 1.86. The van der Waals surface area contributed by atoms with Crippen LogP contribution in [0.3, 0.4) is 0 Å². The van der Waals surface area contributed by atoms with Crippen LogP contribution < -0.4 is 5.32 Å². The lowest BCUT2D eigenvalue weighted by Crippen LogP contribution is -2.23. The standard InChI is InChI=1S/C19H22N4O/c1-13-11-18-21-14(2)17(15(3)23(18)22-13)9-10-19(24)20-12-16-7-5-4-6-8-16/h4-8,11H,9-10,12H2,1-3H3,(H,20,24). The lowest BCUT2D eigenvalue weighted by molar-refractivity contribution is -0.121. The van der Waals surface area contributed by atoms with Crippen molar-refractivity contribution in [2.45, 2.75) is 40.2 Å². The lowest BCUT2D eigenvalue weighted by atomic mass is 10.1. The van der Waals surface area contributed by atoms with Crippen LogP contribution in [0.5, 0.6) is 0 Å². The summed E-state index contributed by atoms with van der Waals surface area (Å²) in [5, 5.41) is 7.44. The molecule has 3 aromatic rings. The minimum absolute atomic E-state index is 0.0504. The van der Waals surface area contributed by atoms with Gasteiger partial charge in [0.25, 0.3) is 0 Å². The molecule has 0 saturated carbocycles. The van der Waals surface area contributed by atoms with Gasteiger partial charge in [-0.15, -0.1) is 0 Å². The number of amides is 1. The summed E-state index contributed by atoms with van der Waals surface area (Å²) in [4.78, 5) is 16.7. The van der Waals surface area contributed by atoms with E-state index in [1.54, 1.807) is 0 Å². The fraction of sp³-hybridized carbons (Fsp3) is 0.316. The molecule has 5 heteroatoms. The van der Waals surface area contributed by atoms with Crippen LogP contribution in [-0.2, 0) is 17.8 Å². The number of aromatic nitrogens is 3.